The molecule has 1 atom stereocenters. The first kappa shape index (κ1) is 13.2. The van der Waals surface area contributed by atoms with Gasteiger partial charge in [-0.05, 0) is 33.6 Å². The van der Waals surface area contributed by atoms with E-state index in [-0.39, 0.29) is 5.54 Å². The van der Waals surface area contributed by atoms with E-state index < -0.39 is 0 Å². The average Bonchev–Trinajstić information content (AvgIpc) is 2.57. The molecule has 0 spiro atoms. The number of nitrogens with zero attached hydrogens (tertiary/aromatic N) is 2. The Labute approximate surface area is 99.2 Å². The van der Waals surface area contributed by atoms with Gasteiger partial charge in [0.25, 0.3) is 0 Å². The molecule has 3 heteroatoms. The predicted molar refractivity (Wildman–Crippen MR) is 68.5 cm³/mol. The van der Waals surface area contributed by atoms with Gasteiger partial charge in [0.2, 0.25) is 0 Å². The first-order valence-electron chi connectivity index (χ1n) is 6.19. The van der Waals surface area contributed by atoms with Gasteiger partial charge in [-0.15, -0.1) is 0 Å². The van der Waals surface area contributed by atoms with Crippen molar-refractivity contribution in [2.45, 2.75) is 59.0 Å². The van der Waals surface area contributed by atoms with Crippen molar-refractivity contribution in [3.63, 3.8) is 0 Å². The SMILES string of the molecule is CCC(C)(CC)NC(C)c1cn(C)nc1C. The molecule has 3 nitrogen and oxygen atoms in total. The second-order valence-electron chi connectivity index (χ2n) is 4.98. The fourth-order valence-corrected chi connectivity index (χ4v) is 2.10. The van der Waals surface area contributed by atoms with Crippen LogP contribution in [0.1, 0.15) is 57.8 Å². The Balaban J connectivity index is 2.79. The molecule has 0 aromatic carbocycles. The summed E-state index contributed by atoms with van der Waals surface area (Å²) in [5, 5.41) is 8.10. The van der Waals surface area contributed by atoms with Crippen LogP contribution in [-0.2, 0) is 7.05 Å². The van der Waals surface area contributed by atoms with Gasteiger partial charge in [-0.3, -0.25) is 4.68 Å². The van der Waals surface area contributed by atoms with Crippen LogP contribution >= 0.6 is 0 Å². The highest BCUT2D eigenvalue weighted by atomic mass is 15.3. The maximum absolute atomic E-state index is 4.39. The van der Waals surface area contributed by atoms with Crippen molar-refractivity contribution in [2.75, 3.05) is 0 Å². The van der Waals surface area contributed by atoms with Gasteiger partial charge in [0.15, 0.2) is 0 Å². The summed E-state index contributed by atoms with van der Waals surface area (Å²) in [6, 6.07) is 0.360. The van der Waals surface area contributed by atoms with Crippen LogP contribution in [0.3, 0.4) is 0 Å². The summed E-state index contributed by atoms with van der Waals surface area (Å²) in [6.07, 6.45) is 4.40. The van der Waals surface area contributed by atoms with Crippen LogP contribution in [-0.4, -0.2) is 15.3 Å². The third-order valence-corrected chi connectivity index (χ3v) is 3.64. The van der Waals surface area contributed by atoms with Crippen LogP contribution in [0.25, 0.3) is 0 Å². The van der Waals surface area contributed by atoms with Crippen LogP contribution in [0, 0.1) is 6.92 Å². The molecule has 0 fully saturated rings. The van der Waals surface area contributed by atoms with Gasteiger partial charge in [0.05, 0.1) is 5.69 Å². The zero-order valence-electron chi connectivity index (χ0n) is 11.5. The molecule has 1 heterocycles. The minimum absolute atomic E-state index is 0.224. The second kappa shape index (κ2) is 5.00. The molecule has 0 bridgehead atoms. The molecule has 0 amide bonds. The highest BCUT2D eigenvalue weighted by Gasteiger charge is 2.23. The van der Waals surface area contributed by atoms with Crippen molar-refractivity contribution in [1.82, 2.24) is 15.1 Å². The molecule has 0 aliphatic carbocycles. The van der Waals surface area contributed by atoms with E-state index in [0.717, 1.165) is 18.5 Å². The fraction of sp³-hybridized carbons (Fsp3) is 0.769. The number of aryl methyl sites for hydroxylation is 2. The standard InChI is InChI=1S/C13H25N3/c1-7-13(5,8-2)14-10(3)12-9-16(6)15-11(12)4/h9-10,14H,7-8H2,1-6H3. The highest BCUT2D eigenvalue weighted by Crippen LogP contribution is 2.22. The minimum Gasteiger partial charge on any atom is -0.305 e. The maximum Gasteiger partial charge on any atom is 0.0641 e. The molecule has 0 aliphatic heterocycles. The van der Waals surface area contributed by atoms with Gasteiger partial charge < -0.3 is 5.32 Å². The first-order valence-corrected chi connectivity index (χ1v) is 6.19. The van der Waals surface area contributed by atoms with Crippen LogP contribution in [0.5, 0.6) is 0 Å². The monoisotopic (exact) mass is 223 g/mol. The Morgan fingerprint density at radius 3 is 2.38 bits per heavy atom. The summed E-state index contributed by atoms with van der Waals surface area (Å²) in [5.74, 6) is 0. The summed E-state index contributed by atoms with van der Waals surface area (Å²) < 4.78 is 1.89. The van der Waals surface area contributed by atoms with Crippen molar-refractivity contribution in [1.29, 1.82) is 0 Å². The number of aromatic nitrogens is 2. The lowest BCUT2D eigenvalue weighted by Gasteiger charge is -2.32. The van der Waals surface area contributed by atoms with Crippen molar-refractivity contribution < 1.29 is 0 Å². The molecule has 1 unspecified atom stereocenters. The summed E-state index contributed by atoms with van der Waals surface area (Å²) in [4.78, 5) is 0. The second-order valence-corrected chi connectivity index (χ2v) is 4.98. The molecule has 0 saturated heterocycles. The highest BCUT2D eigenvalue weighted by molar-refractivity contribution is 5.19. The number of nitrogens with one attached hydrogen (secondary N) is 1. The van der Waals surface area contributed by atoms with Crippen molar-refractivity contribution in [3.05, 3.63) is 17.5 Å². The Kier molecular flexibility index (Phi) is 4.14. The van der Waals surface area contributed by atoms with Gasteiger partial charge in [-0.1, -0.05) is 13.8 Å². The molecule has 1 N–H and O–H groups in total. The quantitative estimate of drug-likeness (QED) is 0.831. The Bertz CT molecular complexity index is 337. The van der Waals surface area contributed by atoms with E-state index in [2.05, 4.69) is 51.2 Å². The van der Waals surface area contributed by atoms with Crippen LogP contribution in [0.4, 0.5) is 0 Å². The van der Waals surface area contributed by atoms with E-state index in [4.69, 9.17) is 0 Å². The number of hydrogen-bond acceptors (Lipinski definition) is 2. The topological polar surface area (TPSA) is 29.9 Å². The van der Waals surface area contributed by atoms with Gasteiger partial charge in [0.1, 0.15) is 0 Å². The average molecular weight is 223 g/mol. The summed E-state index contributed by atoms with van der Waals surface area (Å²) in [7, 11) is 1.97. The molecule has 0 saturated carbocycles. The Morgan fingerprint density at radius 2 is 2.00 bits per heavy atom. The molecule has 16 heavy (non-hydrogen) atoms. The Hall–Kier alpha value is -0.830. The van der Waals surface area contributed by atoms with Gasteiger partial charge in [-0.25, -0.2) is 0 Å². The van der Waals surface area contributed by atoms with Gasteiger partial charge >= 0.3 is 0 Å². The third kappa shape index (κ3) is 2.85. The zero-order valence-corrected chi connectivity index (χ0v) is 11.5. The smallest absolute Gasteiger partial charge is 0.0641 e. The molecular formula is C13H25N3. The first-order chi connectivity index (χ1) is 7.41. The van der Waals surface area contributed by atoms with Crippen LogP contribution in [0.15, 0.2) is 6.20 Å². The summed E-state index contributed by atoms with van der Waals surface area (Å²) >= 11 is 0. The fourth-order valence-electron chi connectivity index (χ4n) is 2.10. The van der Waals surface area contributed by atoms with E-state index in [0.29, 0.717) is 6.04 Å². The van der Waals surface area contributed by atoms with E-state index in [9.17, 15) is 0 Å². The third-order valence-electron chi connectivity index (χ3n) is 3.64. The minimum atomic E-state index is 0.224. The van der Waals surface area contributed by atoms with Gasteiger partial charge in [-0.2, -0.15) is 5.10 Å². The van der Waals surface area contributed by atoms with Crippen molar-refractivity contribution >= 4 is 0 Å². The van der Waals surface area contributed by atoms with Crippen LogP contribution < -0.4 is 5.32 Å². The largest absolute Gasteiger partial charge is 0.305 e. The van der Waals surface area contributed by atoms with Gasteiger partial charge in [0, 0.05) is 30.4 Å². The lowest BCUT2D eigenvalue weighted by molar-refractivity contribution is 0.299. The summed E-state index contributed by atoms with van der Waals surface area (Å²) in [5.41, 5.74) is 2.65. The number of rotatable bonds is 5. The zero-order chi connectivity index (χ0) is 12.3. The Morgan fingerprint density at radius 1 is 1.44 bits per heavy atom. The number of hydrogen-bond donors (Lipinski definition) is 1. The van der Waals surface area contributed by atoms with E-state index in [1.54, 1.807) is 0 Å². The molecule has 92 valence electrons. The molecule has 1 aromatic rings. The molecule has 1 aromatic heterocycles. The van der Waals surface area contributed by atoms with E-state index in [1.807, 2.05) is 11.7 Å². The predicted octanol–water partition coefficient (Wildman–Crippen LogP) is 2.96. The molecule has 1 rings (SSSR count). The molecule has 0 aliphatic rings. The van der Waals surface area contributed by atoms with Crippen molar-refractivity contribution in [2.24, 2.45) is 7.05 Å². The van der Waals surface area contributed by atoms with Crippen LogP contribution in [0.2, 0.25) is 0 Å². The van der Waals surface area contributed by atoms with Crippen molar-refractivity contribution in [3.8, 4) is 0 Å². The van der Waals surface area contributed by atoms with E-state index >= 15 is 0 Å². The lowest BCUT2D eigenvalue weighted by atomic mass is 9.93. The summed E-state index contributed by atoms with van der Waals surface area (Å²) in [6.45, 7) is 11.0. The maximum atomic E-state index is 4.39. The van der Waals surface area contributed by atoms with E-state index in [1.165, 1.54) is 5.56 Å². The molecular weight excluding hydrogens is 198 g/mol. The molecule has 0 radical (unpaired) electrons. The lowest BCUT2D eigenvalue weighted by Crippen LogP contribution is -2.42. The normalized spacial score (nSPS) is 14.1.